The van der Waals surface area contributed by atoms with E-state index in [9.17, 15) is 32.6 Å². The molecule has 1 saturated heterocycles. The van der Waals surface area contributed by atoms with Crippen LogP contribution in [0.5, 0.6) is 0 Å². The molecule has 5 N–H and O–H groups in total. The number of carbonyl (C=O) groups excluding carboxylic acids is 2. The third kappa shape index (κ3) is 8.28. The molecule has 0 saturated carbocycles. The van der Waals surface area contributed by atoms with Crippen molar-refractivity contribution in [3.8, 4) is 0 Å². The van der Waals surface area contributed by atoms with Gasteiger partial charge in [-0.1, -0.05) is 13.8 Å². The summed E-state index contributed by atoms with van der Waals surface area (Å²) >= 11 is 0. The number of hydrogen-bond acceptors (Lipinski definition) is 10. The average molecular weight is 493 g/mol. The summed E-state index contributed by atoms with van der Waals surface area (Å²) < 4.78 is 53.7. The Morgan fingerprint density at radius 2 is 1.79 bits per heavy atom. The number of nitrogens with two attached hydrogens (primary N) is 1. The van der Waals surface area contributed by atoms with Gasteiger partial charge in [0.1, 0.15) is 24.1 Å². The highest BCUT2D eigenvalue weighted by molar-refractivity contribution is 7.85. The summed E-state index contributed by atoms with van der Waals surface area (Å²) in [6, 6.07) is 3.68. The molecule has 33 heavy (non-hydrogen) atoms. The lowest BCUT2D eigenvalue weighted by Crippen LogP contribution is -2.45. The van der Waals surface area contributed by atoms with Gasteiger partial charge in [-0.25, -0.2) is 13.9 Å². The third-order valence-electron chi connectivity index (χ3n) is 4.85. The minimum Gasteiger partial charge on any atom is -0.462 e. The molecule has 1 aromatic rings. The highest BCUT2D eigenvalue weighted by Crippen LogP contribution is 2.24. The van der Waals surface area contributed by atoms with Crippen molar-refractivity contribution in [2.24, 2.45) is 11.7 Å². The number of ether oxygens (including phenoxy) is 2. The van der Waals surface area contributed by atoms with Crippen molar-refractivity contribution in [2.45, 2.75) is 57.1 Å². The van der Waals surface area contributed by atoms with Crippen LogP contribution in [0.15, 0.2) is 24.3 Å². The molecule has 1 heterocycles. The van der Waals surface area contributed by atoms with Crippen LogP contribution in [0.1, 0.15) is 37.0 Å². The SMILES string of the molecule is CC(C)CC(N)C(=O)NS(=O)(=O)OCC1OC(CCOC(=O)c2ccc(F)cc2)C(O)C1O. The molecule has 186 valence electrons. The lowest BCUT2D eigenvalue weighted by molar-refractivity contribution is -0.121. The molecule has 13 heteroatoms. The number of rotatable bonds is 11. The summed E-state index contributed by atoms with van der Waals surface area (Å²) in [5.41, 5.74) is 5.77. The second-order valence-corrected chi connectivity index (χ2v) is 9.41. The minimum absolute atomic E-state index is 0.00476. The van der Waals surface area contributed by atoms with Crippen LogP contribution in [-0.2, 0) is 28.8 Å². The van der Waals surface area contributed by atoms with Crippen LogP contribution in [0.4, 0.5) is 4.39 Å². The maximum Gasteiger partial charge on any atom is 0.362 e. The summed E-state index contributed by atoms with van der Waals surface area (Å²) in [4.78, 5) is 23.8. The van der Waals surface area contributed by atoms with E-state index in [2.05, 4.69) is 4.18 Å². The lowest BCUT2D eigenvalue weighted by Gasteiger charge is -2.17. The first-order chi connectivity index (χ1) is 15.4. The Bertz CT molecular complexity index is 911. The van der Waals surface area contributed by atoms with Gasteiger partial charge in [-0.15, -0.1) is 0 Å². The van der Waals surface area contributed by atoms with Gasteiger partial charge in [0, 0.05) is 6.42 Å². The van der Waals surface area contributed by atoms with E-state index in [1.54, 1.807) is 4.72 Å². The fourth-order valence-corrected chi connectivity index (χ4v) is 3.91. The smallest absolute Gasteiger partial charge is 0.362 e. The normalized spacial score (nSPS) is 24.0. The van der Waals surface area contributed by atoms with Gasteiger partial charge in [-0.05, 0) is 36.6 Å². The first-order valence-electron chi connectivity index (χ1n) is 10.3. The van der Waals surface area contributed by atoms with Crippen molar-refractivity contribution >= 4 is 22.2 Å². The van der Waals surface area contributed by atoms with Crippen LogP contribution in [0.25, 0.3) is 0 Å². The summed E-state index contributed by atoms with van der Waals surface area (Å²) in [5.74, 6) is -2.07. The molecular formula is C20H29FN2O9S. The minimum atomic E-state index is -4.52. The average Bonchev–Trinajstić information content (AvgIpc) is 3.00. The van der Waals surface area contributed by atoms with Gasteiger partial charge < -0.3 is 25.4 Å². The standard InChI is InChI=1S/C20H29FN2O9S/c1-11(2)9-14(22)19(26)23-33(28,29)31-10-16-18(25)17(24)15(32-16)7-8-30-20(27)12-3-5-13(21)6-4-12/h3-6,11,14-18,24-25H,7-10,22H2,1-2H3,(H,23,26). The Balaban J connectivity index is 1.80. The molecule has 11 nitrogen and oxygen atoms in total. The van der Waals surface area contributed by atoms with Gasteiger partial charge in [0.05, 0.1) is 30.9 Å². The number of hydrogen-bond donors (Lipinski definition) is 4. The summed E-state index contributed by atoms with van der Waals surface area (Å²) in [6.07, 6.45) is -4.78. The van der Waals surface area contributed by atoms with Crippen molar-refractivity contribution in [2.75, 3.05) is 13.2 Å². The predicted molar refractivity (Wildman–Crippen MR) is 112 cm³/mol. The Morgan fingerprint density at radius 1 is 1.18 bits per heavy atom. The number of halogens is 1. The van der Waals surface area contributed by atoms with Gasteiger partial charge in [0.2, 0.25) is 0 Å². The molecule has 0 bridgehead atoms. The number of nitrogens with one attached hydrogen (secondary N) is 1. The zero-order valence-electron chi connectivity index (χ0n) is 18.2. The van der Waals surface area contributed by atoms with Gasteiger partial charge in [-0.2, -0.15) is 8.42 Å². The van der Waals surface area contributed by atoms with E-state index in [-0.39, 0.29) is 30.9 Å². The van der Waals surface area contributed by atoms with Crippen LogP contribution in [0.3, 0.4) is 0 Å². The van der Waals surface area contributed by atoms with E-state index in [0.29, 0.717) is 0 Å². The van der Waals surface area contributed by atoms with Crippen LogP contribution < -0.4 is 10.5 Å². The first-order valence-corrected chi connectivity index (χ1v) is 11.7. The summed E-state index contributed by atoms with van der Waals surface area (Å²) in [6.45, 7) is 2.79. The molecule has 1 aliphatic heterocycles. The molecule has 1 aliphatic rings. The fourth-order valence-electron chi connectivity index (χ4n) is 3.14. The molecule has 5 unspecified atom stereocenters. The number of aliphatic hydroxyl groups is 2. The Labute approximate surface area is 191 Å². The topological polar surface area (TPSA) is 174 Å². The zero-order valence-corrected chi connectivity index (χ0v) is 19.0. The number of aliphatic hydroxyl groups excluding tert-OH is 2. The highest BCUT2D eigenvalue weighted by Gasteiger charge is 2.43. The van der Waals surface area contributed by atoms with Crippen LogP contribution in [0.2, 0.25) is 0 Å². The Hall–Kier alpha value is -2.16. The molecule has 1 fully saturated rings. The second-order valence-electron chi connectivity index (χ2n) is 8.07. The van der Waals surface area contributed by atoms with Crippen molar-refractivity contribution in [1.29, 1.82) is 0 Å². The van der Waals surface area contributed by atoms with Crippen LogP contribution in [-0.4, -0.2) is 74.2 Å². The Kier molecular flexibility index (Phi) is 9.70. The van der Waals surface area contributed by atoms with Crippen molar-refractivity contribution in [3.05, 3.63) is 35.6 Å². The predicted octanol–water partition coefficient (Wildman–Crippen LogP) is -0.387. The number of esters is 1. The fraction of sp³-hybridized carbons (Fsp3) is 0.600. The van der Waals surface area contributed by atoms with Crippen LogP contribution >= 0.6 is 0 Å². The highest BCUT2D eigenvalue weighted by atomic mass is 32.2. The molecule has 0 radical (unpaired) electrons. The third-order valence-corrected chi connectivity index (χ3v) is 5.75. The molecule has 1 aromatic carbocycles. The summed E-state index contributed by atoms with van der Waals surface area (Å²) in [5, 5.41) is 20.2. The van der Waals surface area contributed by atoms with Crippen LogP contribution in [0, 0.1) is 11.7 Å². The van der Waals surface area contributed by atoms with Gasteiger partial charge in [-0.3, -0.25) is 8.98 Å². The number of benzene rings is 1. The maximum atomic E-state index is 12.9. The molecule has 0 aliphatic carbocycles. The van der Waals surface area contributed by atoms with Gasteiger partial charge in [0.15, 0.2) is 0 Å². The quantitative estimate of drug-likeness (QED) is 0.298. The number of amides is 1. The monoisotopic (exact) mass is 492 g/mol. The van der Waals surface area contributed by atoms with Gasteiger partial charge in [0.25, 0.3) is 5.91 Å². The largest absolute Gasteiger partial charge is 0.462 e. The van der Waals surface area contributed by atoms with Crippen molar-refractivity contribution in [1.82, 2.24) is 4.72 Å². The first kappa shape index (κ1) is 27.1. The second kappa shape index (κ2) is 11.8. The van der Waals surface area contributed by atoms with E-state index in [4.69, 9.17) is 15.2 Å². The van der Waals surface area contributed by atoms with E-state index in [0.717, 1.165) is 12.1 Å². The molecule has 2 rings (SSSR count). The molecule has 0 spiro atoms. The van der Waals surface area contributed by atoms with E-state index in [1.165, 1.54) is 12.1 Å². The van der Waals surface area contributed by atoms with E-state index >= 15 is 0 Å². The maximum absolute atomic E-state index is 12.9. The molecule has 1 amide bonds. The molecular weight excluding hydrogens is 463 g/mol. The zero-order chi connectivity index (χ0) is 24.8. The summed E-state index contributed by atoms with van der Waals surface area (Å²) in [7, 11) is -4.52. The van der Waals surface area contributed by atoms with Crippen molar-refractivity contribution < 1.29 is 46.3 Å². The Morgan fingerprint density at radius 3 is 2.39 bits per heavy atom. The van der Waals surface area contributed by atoms with E-state index < -0.39 is 65.1 Å². The lowest BCUT2D eigenvalue weighted by atomic mass is 10.0. The molecule has 5 atom stereocenters. The molecule has 0 aromatic heterocycles. The van der Waals surface area contributed by atoms with Gasteiger partial charge >= 0.3 is 16.3 Å². The van der Waals surface area contributed by atoms with E-state index in [1.807, 2.05) is 13.8 Å². The van der Waals surface area contributed by atoms with Crippen molar-refractivity contribution in [3.63, 3.8) is 0 Å². The number of carbonyl (C=O) groups is 2.